The summed E-state index contributed by atoms with van der Waals surface area (Å²) in [7, 11) is 1.37. The molecule has 0 atom stereocenters. The van der Waals surface area contributed by atoms with Gasteiger partial charge in [0.25, 0.3) is 5.91 Å². The summed E-state index contributed by atoms with van der Waals surface area (Å²) in [6.45, 7) is 0.319. The third-order valence-electron chi connectivity index (χ3n) is 2.61. The molecule has 2 aromatic rings. The number of aryl methyl sites for hydroxylation is 1. The largest absolute Gasteiger partial charge is 0.435 e. The quantitative estimate of drug-likeness (QED) is 0.848. The number of hydrogen-bond acceptors (Lipinski definition) is 4. The molecule has 0 radical (unpaired) electrons. The number of alkyl halides is 3. The second-order valence-corrected chi connectivity index (χ2v) is 4.49. The third-order valence-corrected chi connectivity index (χ3v) is 2.83. The second-order valence-electron chi connectivity index (χ2n) is 4.04. The van der Waals surface area contributed by atoms with Gasteiger partial charge in [-0.3, -0.25) is 4.79 Å². The summed E-state index contributed by atoms with van der Waals surface area (Å²) in [6.07, 6.45) is -3.38. The van der Waals surface area contributed by atoms with Gasteiger partial charge in [-0.2, -0.15) is 30.9 Å². The average molecular weight is 304 g/mol. The molecule has 0 unspecified atom stereocenters. The molecule has 0 saturated heterocycles. The van der Waals surface area contributed by atoms with Gasteiger partial charge in [0.15, 0.2) is 11.3 Å². The highest BCUT2D eigenvalue weighted by Crippen LogP contribution is 2.33. The van der Waals surface area contributed by atoms with Gasteiger partial charge in [0.1, 0.15) is 0 Å². The van der Waals surface area contributed by atoms with Crippen molar-refractivity contribution in [1.82, 2.24) is 20.1 Å². The summed E-state index contributed by atoms with van der Waals surface area (Å²) >= 11 is 3.93. The van der Waals surface area contributed by atoms with Crippen molar-refractivity contribution in [2.75, 3.05) is 12.3 Å². The first-order chi connectivity index (χ1) is 9.34. The van der Waals surface area contributed by atoms with Crippen LogP contribution in [0.5, 0.6) is 0 Å². The molecule has 0 aliphatic carbocycles. The van der Waals surface area contributed by atoms with Crippen molar-refractivity contribution < 1.29 is 18.0 Å². The van der Waals surface area contributed by atoms with Crippen LogP contribution in [0.2, 0.25) is 0 Å². The van der Waals surface area contributed by atoms with Gasteiger partial charge in [0.05, 0.1) is 10.9 Å². The Morgan fingerprint density at radius 3 is 2.80 bits per heavy atom. The number of amides is 1. The maximum atomic E-state index is 12.9. The number of nitrogens with zero attached hydrogens (tertiary/aromatic N) is 3. The van der Waals surface area contributed by atoms with Crippen molar-refractivity contribution in [3.8, 4) is 0 Å². The number of hydrogen-bond donors (Lipinski definition) is 2. The van der Waals surface area contributed by atoms with Crippen molar-refractivity contribution in [2.45, 2.75) is 6.18 Å². The molecule has 0 bridgehead atoms. The minimum absolute atomic E-state index is 0.0535. The second kappa shape index (κ2) is 5.31. The van der Waals surface area contributed by atoms with Crippen molar-refractivity contribution in [3.05, 3.63) is 23.5 Å². The molecular weight excluding hydrogens is 293 g/mol. The zero-order valence-corrected chi connectivity index (χ0v) is 11.3. The Kier molecular flexibility index (Phi) is 3.89. The maximum Gasteiger partial charge on any atom is 0.435 e. The summed E-state index contributed by atoms with van der Waals surface area (Å²) in [5.41, 5.74) is -0.924. The van der Waals surface area contributed by atoms with Crippen LogP contribution >= 0.6 is 12.6 Å². The molecule has 0 aliphatic heterocycles. The number of thiol groups is 1. The number of carbonyl (C=O) groups is 1. The lowest BCUT2D eigenvalue weighted by molar-refractivity contribution is -0.140. The van der Waals surface area contributed by atoms with Gasteiger partial charge in [0, 0.05) is 25.5 Å². The molecular formula is C11H11F3N4OS. The lowest BCUT2D eigenvalue weighted by Gasteiger charge is -2.04. The molecule has 2 rings (SSSR count). The van der Waals surface area contributed by atoms with Crippen molar-refractivity contribution in [1.29, 1.82) is 0 Å². The van der Waals surface area contributed by atoms with E-state index in [9.17, 15) is 18.0 Å². The highest BCUT2D eigenvalue weighted by atomic mass is 32.1. The van der Waals surface area contributed by atoms with Crippen LogP contribution in [0.4, 0.5) is 13.2 Å². The Morgan fingerprint density at radius 1 is 1.50 bits per heavy atom. The van der Waals surface area contributed by atoms with Gasteiger partial charge in [-0.05, 0) is 6.07 Å². The van der Waals surface area contributed by atoms with Gasteiger partial charge in [-0.25, -0.2) is 9.67 Å². The fourth-order valence-electron chi connectivity index (χ4n) is 1.75. The highest BCUT2D eigenvalue weighted by Gasteiger charge is 2.37. The molecule has 108 valence electrons. The van der Waals surface area contributed by atoms with Crippen LogP contribution in [0.1, 0.15) is 16.1 Å². The number of carbonyl (C=O) groups excluding carboxylic acids is 1. The first kappa shape index (κ1) is 14.6. The Bertz CT molecular complexity index is 653. The molecule has 20 heavy (non-hydrogen) atoms. The third kappa shape index (κ3) is 2.72. The van der Waals surface area contributed by atoms with Crippen LogP contribution in [-0.2, 0) is 13.2 Å². The number of aromatic nitrogens is 3. The molecule has 0 aromatic carbocycles. The predicted octanol–water partition coefficient (Wildman–Crippen LogP) is 1.65. The van der Waals surface area contributed by atoms with Crippen LogP contribution in [0, 0.1) is 0 Å². The summed E-state index contributed by atoms with van der Waals surface area (Å²) in [4.78, 5) is 15.6. The van der Waals surface area contributed by atoms with Crippen LogP contribution < -0.4 is 5.32 Å². The number of halogens is 3. The van der Waals surface area contributed by atoms with E-state index in [-0.39, 0.29) is 16.6 Å². The lowest BCUT2D eigenvalue weighted by atomic mass is 10.2. The number of rotatable bonds is 3. The van der Waals surface area contributed by atoms with E-state index < -0.39 is 17.8 Å². The normalized spacial score (nSPS) is 11.8. The smallest absolute Gasteiger partial charge is 0.351 e. The molecule has 9 heteroatoms. The van der Waals surface area contributed by atoms with Crippen LogP contribution in [0.25, 0.3) is 11.0 Å². The maximum absolute atomic E-state index is 12.9. The number of nitrogens with one attached hydrogen (secondary N) is 1. The van der Waals surface area contributed by atoms with E-state index in [1.165, 1.54) is 13.2 Å². The van der Waals surface area contributed by atoms with Gasteiger partial charge in [-0.1, -0.05) is 0 Å². The Labute approximate surface area is 117 Å². The van der Waals surface area contributed by atoms with E-state index in [0.29, 0.717) is 12.3 Å². The summed E-state index contributed by atoms with van der Waals surface area (Å²) in [5.74, 6) is -0.0623. The summed E-state index contributed by atoms with van der Waals surface area (Å²) in [5, 5.41) is 5.73. The average Bonchev–Trinajstić information content (AvgIpc) is 2.73. The van der Waals surface area contributed by atoms with Gasteiger partial charge >= 0.3 is 6.18 Å². The van der Waals surface area contributed by atoms with Gasteiger partial charge in [-0.15, -0.1) is 0 Å². The van der Waals surface area contributed by atoms with E-state index in [1.807, 2.05) is 0 Å². The van der Waals surface area contributed by atoms with Crippen LogP contribution in [0.15, 0.2) is 12.3 Å². The van der Waals surface area contributed by atoms with Crippen molar-refractivity contribution in [2.24, 2.45) is 7.05 Å². The fourth-order valence-corrected chi connectivity index (χ4v) is 1.86. The Morgan fingerprint density at radius 2 is 2.20 bits per heavy atom. The number of pyridine rings is 1. The fraction of sp³-hybridized carbons (Fsp3) is 0.364. The molecule has 0 aliphatic rings. The van der Waals surface area contributed by atoms with E-state index >= 15 is 0 Å². The SMILES string of the molecule is Cn1nc(C(F)(F)F)c2cc(C(=O)NCCS)cnc21. The minimum Gasteiger partial charge on any atom is -0.351 e. The van der Waals surface area contributed by atoms with Gasteiger partial charge < -0.3 is 5.32 Å². The highest BCUT2D eigenvalue weighted by molar-refractivity contribution is 7.80. The standard InChI is InChI=1S/C11H11F3N4OS/c1-18-9-7(8(17-18)11(12,13)14)4-6(5-16-9)10(19)15-2-3-20/h4-5,20H,2-3H2,1H3,(H,15,19). The van der Waals surface area contributed by atoms with Crippen LogP contribution in [0.3, 0.4) is 0 Å². The first-order valence-electron chi connectivity index (χ1n) is 5.63. The summed E-state index contributed by atoms with van der Waals surface area (Å²) < 4.78 is 39.6. The molecule has 0 fully saturated rings. The van der Waals surface area contributed by atoms with Crippen molar-refractivity contribution >= 4 is 29.6 Å². The summed E-state index contributed by atoms with van der Waals surface area (Å²) in [6, 6.07) is 1.14. The molecule has 1 N–H and O–H groups in total. The molecule has 1 amide bonds. The topological polar surface area (TPSA) is 59.8 Å². The Balaban J connectivity index is 2.50. The molecule has 2 heterocycles. The molecule has 5 nitrogen and oxygen atoms in total. The molecule has 0 spiro atoms. The first-order valence-corrected chi connectivity index (χ1v) is 6.27. The zero-order valence-electron chi connectivity index (χ0n) is 10.4. The van der Waals surface area contributed by atoms with E-state index in [4.69, 9.17) is 0 Å². The molecule has 2 aromatic heterocycles. The molecule has 0 saturated carbocycles. The Hall–Kier alpha value is -1.77. The minimum atomic E-state index is -4.60. The predicted molar refractivity (Wildman–Crippen MR) is 69.7 cm³/mol. The van der Waals surface area contributed by atoms with E-state index in [1.54, 1.807) is 0 Å². The van der Waals surface area contributed by atoms with Gasteiger partial charge in [0.2, 0.25) is 0 Å². The van der Waals surface area contributed by atoms with E-state index in [2.05, 4.69) is 28.0 Å². The number of fused-ring (bicyclic) bond motifs is 1. The zero-order chi connectivity index (χ0) is 14.9. The van der Waals surface area contributed by atoms with Crippen LogP contribution in [-0.4, -0.2) is 33.0 Å². The monoisotopic (exact) mass is 304 g/mol. The van der Waals surface area contributed by atoms with E-state index in [0.717, 1.165) is 10.7 Å². The van der Waals surface area contributed by atoms with Crippen molar-refractivity contribution in [3.63, 3.8) is 0 Å². The lowest BCUT2D eigenvalue weighted by Crippen LogP contribution is -2.25.